The monoisotopic (exact) mass is 583 g/mol. The van der Waals surface area contributed by atoms with E-state index in [4.69, 9.17) is 5.73 Å². The molecule has 5 rings (SSSR count). The second-order valence-electron chi connectivity index (χ2n) is 9.91. The molecule has 4 nitrogen and oxygen atoms in total. The largest absolute Gasteiger partial charge is 0.384 e. The molecule has 0 saturated carbocycles. The molecule has 0 aromatic heterocycles. The Labute approximate surface area is 237 Å². The number of hydrogen-bond acceptors (Lipinski definition) is 5. The summed E-state index contributed by atoms with van der Waals surface area (Å²) in [4.78, 5) is 15.5. The number of hydrogen-bond donors (Lipinski definition) is 1. The van der Waals surface area contributed by atoms with Crippen LogP contribution in [0.25, 0.3) is 0 Å². The Hall–Kier alpha value is -3.27. The van der Waals surface area contributed by atoms with Crippen molar-refractivity contribution in [3.63, 3.8) is 0 Å². The molecule has 0 amide bonds. The Morgan fingerprint density at radius 1 is 1.05 bits per heavy atom. The number of nitriles is 1. The number of thioether (sulfide) groups is 1. The van der Waals surface area contributed by atoms with Gasteiger partial charge in [0, 0.05) is 39.4 Å². The van der Waals surface area contributed by atoms with Gasteiger partial charge in [-0.05, 0) is 67.1 Å². The van der Waals surface area contributed by atoms with E-state index >= 15 is 0 Å². The molecule has 1 atom stereocenters. The fourth-order valence-electron chi connectivity index (χ4n) is 5.57. The van der Waals surface area contributed by atoms with Crippen molar-refractivity contribution in [2.24, 2.45) is 5.73 Å². The van der Waals surface area contributed by atoms with Crippen molar-refractivity contribution >= 4 is 39.2 Å². The number of rotatable bonds is 6. The van der Waals surface area contributed by atoms with E-state index < -0.39 is 5.92 Å². The summed E-state index contributed by atoms with van der Waals surface area (Å²) >= 11 is 5.43. The fraction of sp³-hybridized carbons (Fsp3) is 0.250. The molecule has 6 heteroatoms. The minimum Gasteiger partial charge on any atom is -0.384 e. The molecule has 3 aromatic rings. The lowest BCUT2D eigenvalue weighted by Crippen LogP contribution is -2.39. The maximum absolute atomic E-state index is 13.6. The first-order chi connectivity index (χ1) is 18.4. The molecular weight excluding hydrogens is 554 g/mol. The Balaban J connectivity index is 1.59. The number of aryl methyl sites for hydroxylation is 1. The molecule has 0 radical (unpaired) electrons. The first-order valence-electron chi connectivity index (χ1n) is 12.8. The van der Waals surface area contributed by atoms with Crippen LogP contribution in [0.5, 0.6) is 0 Å². The average molecular weight is 585 g/mol. The minimum atomic E-state index is -0.455. The summed E-state index contributed by atoms with van der Waals surface area (Å²) < 4.78 is 0.917. The van der Waals surface area contributed by atoms with E-state index in [1.54, 1.807) is 0 Å². The van der Waals surface area contributed by atoms with Crippen LogP contribution >= 0.6 is 27.7 Å². The van der Waals surface area contributed by atoms with Crippen LogP contribution in [0, 0.1) is 25.2 Å². The van der Waals surface area contributed by atoms with Crippen LogP contribution in [0.4, 0.5) is 5.69 Å². The highest BCUT2D eigenvalue weighted by Gasteiger charge is 2.41. The highest BCUT2D eigenvalue weighted by molar-refractivity contribution is 9.10. The lowest BCUT2D eigenvalue weighted by molar-refractivity contribution is -0.116. The number of Topliss-reactive ketones (excluding diaryl/α,β-unsaturated/α-hetero) is 1. The van der Waals surface area contributed by atoms with Crippen LogP contribution in [0.1, 0.15) is 53.0 Å². The summed E-state index contributed by atoms with van der Waals surface area (Å²) in [7, 11) is 0. The fourth-order valence-corrected chi connectivity index (χ4v) is 7.01. The van der Waals surface area contributed by atoms with Crippen molar-refractivity contribution < 1.29 is 4.79 Å². The summed E-state index contributed by atoms with van der Waals surface area (Å²) in [5.74, 6) is 1.85. The summed E-state index contributed by atoms with van der Waals surface area (Å²) in [5.41, 5.74) is 15.5. The van der Waals surface area contributed by atoms with Gasteiger partial charge in [-0.3, -0.25) is 9.69 Å². The number of nitrogens with two attached hydrogens (primary N) is 1. The molecule has 1 unspecified atom stereocenters. The van der Waals surface area contributed by atoms with Crippen molar-refractivity contribution in [1.82, 2.24) is 0 Å². The van der Waals surface area contributed by atoms with Crippen LogP contribution < -0.4 is 10.6 Å². The molecule has 38 heavy (non-hydrogen) atoms. The molecule has 0 bridgehead atoms. The highest BCUT2D eigenvalue weighted by atomic mass is 79.9. The molecule has 2 aliphatic rings. The number of carbonyl (C=O) groups excluding carboxylic acids is 1. The van der Waals surface area contributed by atoms with Crippen LogP contribution in [0.2, 0.25) is 0 Å². The van der Waals surface area contributed by atoms with E-state index in [9.17, 15) is 10.1 Å². The van der Waals surface area contributed by atoms with Gasteiger partial charge in [0.2, 0.25) is 0 Å². The van der Waals surface area contributed by atoms with Gasteiger partial charge in [-0.2, -0.15) is 17.0 Å². The van der Waals surface area contributed by atoms with Gasteiger partial charge in [0.1, 0.15) is 5.82 Å². The zero-order chi connectivity index (χ0) is 26.8. The Bertz CT molecular complexity index is 1500. The van der Waals surface area contributed by atoms with Gasteiger partial charge in [0.25, 0.3) is 0 Å². The van der Waals surface area contributed by atoms with Gasteiger partial charge in [-0.1, -0.05) is 70.0 Å². The quantitative estimate of drug-likeness (QED) is 0.320. The summed E-state index contributed by atoms with van der Waals surface area (Å²) in [6.45, 7) is 4.20. The van der Waals surface area contributed by atoms with Gasteiger partial charge in [0.15, 0.2) is 5.78 Å². The number of carbonyl (C=O) groups is 1. The number of ketones is 1. The maximum atomic E-state index is 13.6. The second kappa shape index (κ2) is 11.2. The van der Waals surface area contributed by atoms with E-state index in [0.29, 0.717) is 17.8 Å². The van der Waals surface area contributed by atoms with E-state index in [2.05, 4.69) is 72.2 Å². The number of nitrogens with zero attached hydrogens (tertiary/aromatic N) is 2. The SMILES string of the molecule is Cc1cc(CSCc2ccccc2)c(C)c(C2C(C#N)=C(N)N(c3cccc(Br)c3)C3=C2C(=O)CCC3)c1. The van der Waals surface area contributed by atoms with Gasteiger partial charge >= 0.3 is 0 Å². The Morgan fingerprint density at radius 2 is 1.84 bits per heavy atom. The van der Waals surface area contributed by atoms with Crippen molar-refractivity contribution in [1.29, 1.82) is 5.26 Å². The van der Waals surface area contributed by atoms with Crippen LogP contribution in [-0.4, -0.2) is 5.78 Å². The maximum Gasteiger partial charge on any atom is 0.161 e. The smallest absolute Gasteiger partial charge is 0.161 e. The van der Waals surface area contributed by atoms with E-state index in [1.165, 1.54) is 11.1 Å². The molecule has 0 spiro atoms. The van der Waals surface area contributed by atoms with Crippen molar-refractivity contribution in [2.75, 3.05) is 4.90 Å². The van der Waals surface area contributed by atoms with Gasteiger partial charge < -0.3 is 5.73 Å². The Kier molecular flexibility index (Phi) is 7.78. The number of benzene rings is 3. The van der Waals surface area contributed by atoms with Gasteiger partial charge in [0.05, 0.1) is 17.6 Å². The molecule has 1 aliphatic heterocycles. The molecule has 1 heterocycles. The van der Waals surface area contributed by atoms with Crippen LogP contribution in [-0.2, 0) is 16.3 Å². The molecule has 1 aliphatic carbocycles. The lowest BCUT2D eigenvalue weighted by atomic mass is 9.73. The third-order valence-corrected chi connectivity index (χ3v) is 8.91. The normalized spacial score (nSPS) is 17.5. The number of anilines is 1. The Morgan fingerprint density at radius 3 is 2.58 bits per heavy atom. The number of halogens is 1. The third-order valence-electron chi connectivity index (χ3n) is 7.36. The topological polar surface area (TPSA) is 70.1 Å². The van der Waals surface area contributed by atoms with Crippen molar-refractivity contribution in [3.8, 4) is 6.07 Å². The molecule has 192 valence electrons. The van der Waals surface area contributed by atoms with Gasteiger partial charge in [-0.25, -0.2) is 0 Å². The van der Waals surface area contributed by atoms with Crippen LogP contribution in [0.3, 0.4) is 0 Å². The standard InChI is InChI=1S/C32H30BrN3OS/c1-20-14-23(19-38-18-22-8-4-3-5-9-22)21(2)26(15-20)30-27(17-34)32(35)36(25-11-6-10-24(33)16-25)28-12-7-13-29(37)31(28)30/h3-6,8-11,14-16,30H,7,12-13,18-19,35H2,1-2H3. The zero-order valence-corrected chi connectivity index (χ0v) is 24.0. The first kappa shape index (κ1) is 26.3. The minimum absolute atomic E-state index is 0.109. The average Bonchev–Trinajstić information content (AvgIpc) is 2.90. The molecule has 3 aromatic carbocycles. The van der Waals surface area contributed by atoms with Gasteiger partial charge in [-0.15, -0.1) is 0 Å². The molecule has 2 N–H and O–H groups in total. The predicted octanol–water partition coefficient (Wildman–Crippen LogP) is 7.80. The van der Waals surface area contributed by atoms with Crippen molar-refractivity contribution in [2.45, 2.75) is 50.5 Å². The molecule has 0 fully saturated rings. The second-order valence-corrected chi connectivity index (χ2v) is 11.8. The zero-order valence-electron chi connectivity index (χ0n) is 21.6. The van der Waals surface area contributed by atoms with E-state index in [-0.39, 0.29) is 5.78 Å². The summed E-state index contributed by atoms with van der Waals surface area (Å²) in [6.07, 6.45) is 2.01. The third kappa shape index (κ3) is 5.06. The lowest BCUT2D eigenvalue weighted by Gasteiger charge is -2.40. The summed E-state index contributed by atoms with van der Waals surface area (Å²) in [5, 5.41) is 10.4. The van der Waals surface area contributed by atoms with Crippen LogP contribution in [0.15, 0.2) is 93.9 Å². The predicted molar refractivity (Wildman–Crippen MR) is 159 cm³/mol. The van der Waals surface area contributed by atoms with E-state index in [0.717, 1.165) is 62.5 Å². The van der Waals surface area contributed by atoms with E-state index in [1.807, 2.05) is 47.0 Å². The number of allylic oxidation sites excluding steroid dienone is 3. The van der Waals surface area contributed by atoms with Crippen molar-refractivity contribution in [3.05, 3.63) is 122 Å². The highest BCUT2D eigenvalue weighted by Crippen LogP contribution is 2.47. The molecular formula is C32H30BrN3OS. The first-order valence-corrected chi connectivity index (χ1v) is 14.8. The molecule has 0 saturated heterocycles. The summed E-state index contributed by atoms with van der Waals surface area (Å²) in [6, 6.07) is 25.1.